The minimum absolute atomic E-state index is 0.179. The Morgan fingerprint density at radius 3 is 2.50 bits per heavy atom. The van der Waals surface area contributed by atoms with Gasteiger partial charge in [0.25, 0.3) is 5.56 Å². The highest BCUT2D eigenvalue weighted by atomic mass is 16.5. The molecule has 0 atom stereocenters. The van der Waals surface area contributed by atoms with Crippen LogP contribution in [0.15, 0.2) is 46.3 Å². The minimum Gasteiger partial charge on any atom is -0.497 e. The summed E-state index contributed by atoms with van der Waals surface area (Å²) in [5, 5.41) is 0.776. The Hall–Kier alpha value is -2.69. The fourth-order valence-corrected chi connectivity index (χ4v) is 2.64. The number of pyridine rings is 1. The zero-order chi connectivity index (χ0) is 19.1. The first-order chi connectivity index (χ1) is 12.5. The van der Waals surface area contributed by atoms with Crippen LogP contribution in [-0.4, -0.2) is 25.8 Å². The molecule has 140 valence electrons. The van der Waals surface area contributed by atoms with Crippen molar-refractivity contribution >= 4 is 10.9 Å². The molecule has 0 radical (unpaired) electrons. The Morgan fingerprint density at radius 2 is 1.85 bits per heavy atom. The van der Waals surface area contributed by atoms with E-state index in [9.17, 15) is 4.79 Å². The molecule has 2 aromatic rings. The van der Waals surface area contributed by atoms with Crippen LogP contribution in [0.1, 0.15) is 33.6 Å². The first kappa shape index (κ1) is 19.6. The summed E-state index contributed by atoms with van der Waals surface area (Å²) >= 11 is 0. The predicted molar refractivity (Wildman–Crippen MR) is 106 cm³/mol. The maximum atomic E-state index is 12.3. The van der Waals surface area contributed by atoms with E-state index in [0.717, 1.165) is 18.2 Å². The highest BCUT2D eigenvalue weighted by Gasteiger charge is 2.15. The van der Waals surface area contributed by atoms with Gasteiger partial charge in [0.2, 0.25) is 5.75 Å². The number of fused-ring (bicyclic) bond motifs is 1. The maximum Gasteiger partial charge on any atom is 0.294 e. The molecule has 0 bridgehead atoms. The molecule has 0 fully saturated rings. The van der Waals surface area contributed by atoms with Crippen LogP contribution < -0.4 is 19.8 Å². The first-order valence-corrected chi connectivity index (χ1v) is 8.66. The fourth-order valence-electron chi connectivity index (χ4n) is 2.64. The molecule has 1 aromatic carbocycles. The summed E-state index contributed by atoms with van der Waals surface area (Å²) in [4.78, 5) is 15.1. The summed E-state index contributed by atoms with van der Waals surface area (Å²) in [6.45, 7) is 6.66. The second-order valence-corrected chi connectivity index (χ2v) is 6.41. The zero-order valence-electron chi connectivity index (χ0n) is 16.1. The normalized spacial score (nSPS) is 11.3. The van der Waals surface area contributed by atoms with Gasteiger partial charge in [0.05, 0.1) is 19.7 Å². The molecule has 1 heterocycles. The van der Waals surface area contributed by atoms with Gasteiger partial charge in [-0.3, -0.25) is 4.79 Å². The molecule has 1 aromatic heterocycles. The lowest BCUT2D eigenvalue weighted by atomic mass is 10.1. The molecule has 0 saturated heterocycles. The molecule has 0 aliphatic rings. The second kappa shape index (κ2) is 9.13. The molecule has 26 heavy (non-hydrogen) atoms. The van der Waals surface area contributed by atoms with Crippen molar-refractivity contribution in [2.45, 2.75) is 33.6 Å². The number of ether oxygens (including phenoxy) is 3. The number of rotatable bonds is 8. The second-order valence-electron chi connectivity index (χ2n) is 6.41. The lowest BCUT2D eigenvalue weighted by Crippen LogP contribution is -2.12. The van der Waals surface area contributed by atoms with Crippen LogP contribution in [0.2, 0.25) is 0 Å². The Morgan fingerprint density at radius 1 is 1.08 bits per heavy atom. The molecule has 0 spiro atoms. The van der Waals surface area contributed by atoms with Crippen LogP contribution in [-0.2, 0) is 0 Å². The highest BCUT2D eigenvalue weighted by Crippen LogP contribution is 2.33. The van der Waals surface area contributed by atoms with Crippen LogP contribution in [0, 0.1) is 0 Å². The molecule has 0 amide bonds. The van der Waals surface area contributed by atoms with Gasteiger partial charge in [-0.2, -0.15) is 0 Å². The summed E-state index contributed by atoms with van der Waals surface area (Å²) in [6.07, 6.45) is 6.26. The quantitative estimate of drug-likeness (QED) is 0.701. The van der Waals surface area contributed by atoms with Crippen LogP contribution in [0.5, 0.6) is 17.2 Å². The SMILES string of the molecule is COc1ccc2c(OC/C=C(\C)CCC=C(C)C)c(OC)c(=O)[nH]c2c1. The summed E-state index contributed by atoms with van der Waals surface area (Å²) in [5.74, 6) is 1.29. The Balaban J connectivity index is 2.24. The van der Waals surface area contributed by atoms with Crippen molar-refractivity contribution in [3.63, 3.8) is 0 Å². The van der Waals surface area contributed by atoms with E-state index in [-0.39, 0.29) is 11.3 Å². The lowest BCUT2D eigenvalue weighted by molar-refractivity contribution is 0.326. The fraction of sp³-hybridized carbons (Fsp3) is 0.381. The van der Waals surface area contributed by atoms with Gasteiger partial charge in [0.15, 0.2) is 5.75 Å². The van der Waals surface area contributed by atoms with E-state index in [0.29, 0.717) is 23.6 Å². The van der Waals surface area contributed by atoms with Crippen LogP contribution in [0.4, 0.5) is 0 Å². The number of methoxy groups -OCH3 is 2. The molecule has 5 nitrogen and oxygen atoms in total. The van der Waals surface area contributed by atoms with Crippen LogP contribution >= 0.6 is 0 Å². The van der Waals surface area contributed by atoms with Gasteiger partial charge < -0.3 is 19.2 Å². The van der Waals surface area contributed by atoms with E-state index in [1.807, 2.05) is 18.2 Å². The largest absolute Gasteiger partial charge is 0.497 e. The average molecular weight is 357 g/mol. The first-order valence-electron chi connectivity index (χ1n) is 8.66. The third-order valence-corrected chi connectivity index (χ3v) is 4.09. The van der Waals surface area contributed by atoms with Crippen molar-refractivity contribution in [1.29, 1.82) is 0 Å². The van der Waals surface area contributed by atoms with Gasteiger partial charge >= 0.3 is 0 Å². The van der Waals surface area contributed by atoms with Crippen LogP contribution in [0.3, 0.4) is 0 Å². The number of benzene rings is 1. The molecule has 0 aliphatic heterocycles. The van der Waals surface area contributed by atoms with E-state index in [2.05, 4.69) is 31.8 Å². The Labute approximate surface area is 154 Å². The predicted octanol–water partition coefficient (Wildman–Crippen LogP) is 4.62. The number of allylic oxidation sites excluding steroid dienone is 3. The summed E-state index contributed by atoms with van der Waals surface area (Å²) < 4.78 is 16.4. The summed E-state index contributed by atoms with van der Waals surface area (Å²) in [7, 11) is 3.05. The summed E-state index contributed by atoms with van der Waals surface area (Å²) in [5.41, 5.74) is 2.89. The smallest absolute Gasteiger partial charge is 0.294 e. The minimum atomic E-state index is -0.326. The molecule has 1 N–H and O–H groups in total. The van der Waals surface area contributed by atoms with Gasteiger partial charge in [0.1, 0.15) is 12.4 Å². The third kappa shape index (κ3) is 4.91. The van der Waals surface area contributed by atoms with E-state index < -0.39 is 0 Å². The zero-order valence-corrected chi connectivity index (χ0v) is 16.1. The summed E-state index contributed by atoms with van der Waals surface area (Å²) in [6, 6.07) is 5.45. The molecule has 2 rings (SSSR count). The molecule has 0 aliphatic carbocycles. The molecular formula is C21H27NO4. The number of H-pyrrole nitrogens is 1. The third-order valence-electron chi connectivity index (χ3n) is 4.09. The number of hydrogen-bond acceptors (Lipinski definition) is 4. The van der Waals surface area contributed by atoms with Crippen molar-refractivity contribution in [3.05, 3.63) is 51.9 Å². The monoisotopic (exact) mass is 357 g/mol. The van der Waals surface area contributed by atoms with Crippen LogP contribution in [0.25, 0.3) is 10.9 Å². The number of nitrogens with one attached hydrogen (secondary N) is 1. The highest BCUT2D eigenvalue weighted by molar-refractivity contribution is 5.88. The van der Waals surface area contributed by atoms with E-state index >= 15 is 0 Å². The Kier molecular flexibility index (Phi) is 6.89. The van der Waals surface area contributed by atoms with E-state index in [4.69, 9.17) is 14.2 Å². The van der Waals surface area contributed by atoms with Gasteiger partial charge in [-0.25, -0.2) is 0 Å². The molecule has 5 heteroatoms. The number of aromatic nitrogens is 1. The standard InChI is InChI=1S/C21H27NO4/c1-14(2)7-6-8-15(3)11-12-26-19-17-10-9-16(24-4)13-18(17)22-21(23)20(19)25-5/h7,9-11,13H,6,8,12H2,1-5H3,(H,22,23)/b15-11+. The van der Waals surface area contributed by atoms with Crippen molar-refractivity contribution in [2.75, 3.05) is 20.8 Å². The van der Waals surface area contributed by atoms with E-state index in [1.165, 1.54) is 18.3 Å². The van der Waals surface area contributed by atoms with E-state index in [1.54, 1.807) is 13.2 Å². The van der Waals surface area contributed by atoms with Gasteiger partial charge in [0, 0.05) is 11.5 Å². The average Bonchev–Trinajstić information content (AvgIpc) is 2.60. The van der Waals surface area contributed by atoms with Crippen molar-refractivity contribution < 1.29 is 14.2 Å². The van der Waals surface area contributed by atoms with Gasteiger partial charge in [-0.15, -0.1) is 0 Å². The lowest BCUT2D eigenvalue weighted by Gasteiger charge is -2.13. The Bertz CT molecular complexity index is 873. The number of aromatic amines is 1. The molecule has 0 saturated carbocycles. The molecular weight excluding hydrogens is 330 g/mol. The van der Waals surface area contributed by atoms with Crippen molar-refractivity contribution in [3.8, 4) is 17.2 Å². The van der Waals surface area contributed by atoms with Crippen molar-refractivity contribution in [2.24, 2.45) is 0 Å². The van der Waals surface area contributed by atoms with Crippen molar-refractivity contribution in [1.82, 2.24) is 4.98 Å². The topological polar surface area (TPSA) is 60.6 Å². The maximum absolute atomic E-state index is 12.3. The van der Waals surface area contributed by atoms with Gasteiger partial charge in [-0.1, -0.05) is 17.2 Å². The molecule has 0 unspecified atom stereocenters. The number of hydrogen-bond donors (Lipinski definition) is 1. The van der Waals surface area contributed by atoms with Gasteiger partial charge in [-0.05, 0) is 51.8 Å².